The van der Waals surface area contributed by atoms with Crippen molar-refractivity contribution in [1.29, 1.82) is 0 Å². The molecule has 0 spiro atoms. The van der Waals surface area contributed by atoms with Crippen molar-refractivity contribution in [3.63, 3.8) is 0 Å². The number of piperidine rings is 1. The lowest BCUT2D eigenvalue weighted by Gasteiger charge is -2.31. The topological polar surface area (TPSA) is 99.0 Å². The molecule has 4 heterocycles. The fourth-order valence-electron chi connectivity index (χ4n) is 4.18. The van der Waals surface area contributed by atoms with Crippen LogP contribution >= 0.6 is 34.5 Å². The Bertz CT molecular complexity index is 1280. The van der Waals surface area contributed by atoms with Gasteiger partial charge in [0.1, 0.15) is 12.0 Å². The second kappa shape index (κ2) is 11.0. The van der Waals surface area contributed by atoms with E-state index in [1.807, 2.05) is 16.3 Å². The van der Waals surface area contributed by atoms with E-state index in [0.717, 1.165) is 34.8 Å². The molecule has 1 aromatic carbocycles. The number of ether oxygens (including phenoxy) is 2. The smallest absolute Gasteiger partial charge is 0.260 e. The molecule has 1 fully saturated rings. The fraction of sp³-hybridized carbons (Fsp3) is 0.375. The van der Waals surface area contributed by atoms with E-state index in [4.69, 9.17) is 42.5 Å². The van der Waals surface area contributed by atoms with Crippen LogP contribution in [-0.4, -0.2) is 58.3 Å². The van der Waals surface area contributed by atoms with E-state index in [-0.39, 0.29) is 18.6 Å². The molecule has 1 saturated heterocycles. The number of halogens is 2. The SMILES string of the molecule is COc1cc(OCC(=O)N2CCC(c3nc(C4=NOC(c5cc(Cl)ccc5Cl)C4)cs3)CC2)ncn1. The molecule has 0 aliphatic carbocycles. The monoisotopic (exact) mass is 547 g/mol. The van der Waals surface area contributed by atoms with Crippen LogP contribution in [0.15, 0.2) is 41.1 Å². The van der Waals surface area contributed by atoms with Crippen LogP contribution in [0.3, 0.4) is 0 Å². The summed E-state index contributed by atoms with van der Waals surface area (Å²) in [6.07, 6.45) is 3.31. The molecule has 0 bridgehead atoms. The van der Waals surface area contributed by atoms with Gasteiger partial charge in [-0.3, -0.25) is 4.79 Å². The predicted molar refractivity (Wildman–Crippen MR) is 136 cm³/mol. The Morgan fingerprint density at radius 3 is 2.81 bits per heavy atom. The molecular formula is C24H23Cl2N5O4S. The molecule has 188 valence electrons. The van der Waals surface area contributed by atoms with E-state index in [0.29, 0.717) is 47.2 Å². The van der Waals surface area contributed by atoms with Gasteiger partial charge in [-0.1, -0.05) is 28.4 Å². The van der Waals surface area contributed by atoms with Crippen LogP contribution in [0.4, 0.5) is 0 Å². The molecule has 0 saturated carbocycles. The Balaban J connectivity index is 1.13. The van der Waals surface area contributed by atoms with Gasteiger partial charge in [-0.05, 0) is 31.0 Å². The van der Waals surface area contributed by atoms with Gasteiger partial charge in [0.25, 0.3) is 5.91 Å². The number of nitrogens with zero attached hydrogens (tertiary/aromatic N) is 5. The summed E-state index contributed by atoms with van der Waals surface area (Å²) in [5.41, 5.74) is 2.44. The average molecular weight is 548 g/mol. The maximum absolute atomic E-state index is 12.6. The van der Waals surface area contributed by atoms with Gasteiger partial charge in [0.05, 0.1) is 23.9 Å². The summed E-state index contributed by atoms with van der Waals surface area (Å²) in [7, 11) is 1.51. The van der Waals surface area contributed by atoms with Crippen molar-refractivity contribution in [2.45, 2.75) is 31.3 Å². The minimum atomic E-state index is -0.281. The highest BCUT2D eigenvalue weighted by Gasteiger charge is 2.30. The minimum Gasteiger partial charge on any atom is -0.481 e. The van der Waals surface area contributed by atoms with Crippen molar-refractivity contribution < 1.29 is 19.1 Å². The molecule has 2 aromatic heterocycles. The van der Waals surface area contributed by atoms with E-state index in [1.165, 1.54) is 13.4 Å². The lowest BCUT2D eigenvalue weighted by atomic mass is 9.97. The number of carbonyl (C=O) groups is 1. The number of hydrogen-bond acceptors (Lipinski definition) is 9. The third-order valence-electron chi connectivity index (χ3n) is 6.16. The maximum Gasteiger partial charge on any atom is 0.260 e. The number of amides is 1. The first-order chi connectivity index (χ1) is 17.5. The van der Waals surface area contributed by atoms with Crippen LogP contribution in [0.25, 0.3) is 0 Å². The number of hydrogen-bond donors (Lipinski definition) is 0. The number of likely N-dealkylation sites (tertiary alicyclic amines) is 1. The zero-order valence-electron chi connectivity index (χ0n) is 19.4. The van der Waals surface area contributed by atoms with Crippen molar-refractivity contribution in [2.24, 2.45) is 5.16 Å². The highest BCUT2D eigenvalue weighted by Crippen LogP contribution is 2.36. The standard InChI is InChI=1S/C24H23Cl2N5O4S/c1-33-21-10-22(28-13-27-21)34-11-23(32)31-6-4-14(5-7-31)24-29-19(12-36-24)18-9-20(35-30-18)16-8-15(25)2-3-17(16)26/h2-3,8,10,12-14,20H,4-7,9,11H2,1H3. The van der Waals surface area contributed by atoms with Crippen molar-refractivity contribution in [3.05, 3.63) is 62.3 Å². The van der Waals surface area contributed by atoms with Gasteiger partial charge >= 0.3 is 0 Å². The fourth-order valence-corrected chi connectivity index (χ4v) is 5.60. The summed E-state index contributed by atoms with van der Waals surface area (Å²) in [4.78, 5) is 32.8. The number of aromatic nitrogens is 3. The first-order valence-electron chi connectivity index (χ1n) is 11.4. The minimum absolute atomic E-state index is 0.0750. The number of oxime groups is 1. The zero-order valence-corrected chi connectivity index (χ0v) is 21.7. The quantitative estimate of drug-likeness (QED) is 0.414. The van der Waals surface area contributed by atoms with Gasteiger partial charge in [-0.2, -0.15) is 0 Å². The van der Waals surface area contributed by atoms with Gasteiger partial charge in [0.15, 0.2) is 12.7 Å². The molecule has 9 nitrogen and oxygen atoms in total. The number of benzene rings is 1. The number of thiazole rings is 1. The average Bonchev–Trinajstić information content (AvgIpc) is 3.59. The molecule has 1 amide bonds. The Labute approximate surface area is 222 Å². The van der Waals surface area contributed by atoms with E-state index < -0.39 is 0 Å². The van der Waals surface area contributed by atoms with Crippen LogP contribution in [0, 0.1) is 0 Å². The lowest BCUT2D eigenvalue weighted by molar-refractivity contribution is -0.134. The first kappa shape index (κ1) is 24.7. The van der Waals surface area contributed by atoms with Crippen LogP contribution in [0.2, 0.25) is 10.0 Å². The zero-order chi connectivity index (χ0) is 25.1. The molecule has 2 aliphatic heterocycles. The first-order valence-corrected chi connectivity index (χ1v) is 13.0. The summed E-state index contributed by atoms with van der Waals surface area (Å²) in [6.45, 7) is 1.21. The molecule has 1 atom stereocenters. The molecule has 2 aliphatic rings. The summed E-state index contributed by atoms with van der Waals surface area (Å²) < 4.78 is 10.6. The highest BCUT2D eigenvalue weighted by atomic mass is 35.5. The molecule has 36 heavy (non-hydrogen) atoms. The third-order valence-corrected chi connectivity index (χ3v) is 7.74. The maximum atomic E-state index is 12.6. The van der Waals surface area contributed by atoms with Gasteiger partial charge < -0.3 is 19.2 Å². The Morgan fingerprint density at radius 1 is 1.19 bits per heavy atom. The summed E-state index contributed by atoms with van der Waals surface area (Å²) >= 11 is 14.1. The predicted octanol–water partition coefficient (Wildman–Crippen LogP) is 4.90. The van der Waals surface area contributed by atoms with Crippen molar-refractivity contribution in [3.8, 4) is 11.8 Å². The molecule has 3 aromatic rings. The highest BCUT2D eigenvalue weighted by molar-refractivity contribution is 7.10. The van der Waals surface area contributed by atoms with Gasteiger partial charge in [-0.25, -0.2) is 15.0 Å². The van der Waals surface area contributed by atoms with E-state index in [2.05, 4.69) is 15.1 Å². The summed E-state index contributed by atoms with van der Waals surface area (Å²) in [5, 5.41) is 8.53. The lowest BCUT2D eigenvalue weighted by Crippen LogP contribution is -2.40. The van der Waals surface area contributed by atoms with Crippen molar-refractivity contribution in [2.75, 3.05) is 26.8 Å². The number of rotatable bonds is 7. The Morgan fingerprint density at radius 2 is 2.00 bits per heavy atom. The summed E-state index contributed by atoms with van der Waals surface area (Å²) in [5.74, 6) is 0.907. The van der Waals surface area contributed by atoms with Gasteiger partial charge in [-0.15, -0.1) is 11.3 Å². The van der Waals surface area contributed by atoms with Crippen LogP contribution < -0.4 is 9.47 Å². The van der Waals surface area contributed by atoms with Crippen LogP contribution in [0.1, 0.15) is 47.5 Å². The number of methoxy groups -OCH3 is 1. The van der Waals surface area contributed by atoms with E-state index in [1.54, 1.807) is 29.5 Å². The third kappa shape index (κ3) is 5.55. The molecule has 12 heteroatoms. The second-order valence-electron chi connectivity index (χ2n) is 8.42. The van der Waals surface area contributed by atoms with Crippen LogP contribution in [0.5, 0.6) is 11.8 Å². The largest absolute Gasteiger partial charge is 0.481 e. The van der Waals surface area contributed by atoms with Gasteiger partial charge in [0.2, 0.25) is 11.8 Å². The van der Waals surface area contributed by atoms with E-state index >= 15 is 0 Å². The molecular weight excluding hydrogens is 525 g/mol. The normalized spacial score (nSPS) is 18.0. The molecule has 5 rings (SSSR count). The number of carbonyl (C=O) groups excluding carboxylic acids is 1. The van der Waals surface area contributed by atoms with Crippen molar-refractivity contribution in [1.82, 2.24) is 19.9 Å². The Hall–Kier alpha value is -2.95. The van der Waals surface area contributed by atoms with Crippen LogP contribution in [-0.2, 0) is 9.63 Å². The van der Waals surface area contributed by atoms with Crippen molar-refractivity contribution >= 4 is 46.2 Å². The van der Waals surface area contributed by atoms with Gasteiger partial charge in [0, 0.05) is 46.4 Å². The Kier molecular flexibility index (Phi) is 7.54. The molecule has 1 unspecified atom stereocenters. The molecule has 0 radical (unpaired) electrons. The second-order valence-corrected chi connectivity index (χ2v) is 10.1. The molecule has 0 N–H and O–H groups in total. The summed E-state index contributed by atoms with van der Waals surface area (Å²) in [6, 6.07) is 6.87. The van der Waals surface area contributed by atoms with E-state index in [9.17, 15) is 4.79 Å².